The molecule has 9 nitrogen and oxygen atoms in total. The number of sulfonamides is 1. The van der Waals surface area contributed by atoms with Gasteiger partial charge < -0.3 is 5.11 Å². The lowest BCUT2D eigenvalue weighted by Gasteiger charge is -2.16. The van der Waals surface area contributed by atoms with Crippen LogP contribution in [0.3, 0.4) is 0 Å². The molecule has 0 aliphatic heterocycles. The topological polar surface area (TPSA) is 118 Å². The molecule has 0 aliphatic rings. The van der Waals surface area contributed by atoms with Gasteiger partial charge in [0.25, 0.3) is 0 Å². The fourth-order valence-corrected chi connectivity index (χ4v) is 2.78. The average molecular weight is 311 g/mol. The number of tetrazole rings is 1. The van der Waals surface area contributed by atoms with E-state index in [1.807, 2.05) is 0 Å². The zero-order valence-electron chi connectivity index (χ0n) is 11.1. The highest BCUT2D eigenvalue weighted by atomic mass is 32.2. The van der Waals surface area contributed by atoms with Gasteiger partial charge in [0.15, 0.2) is 0 Å². The lowest BCUT2D eigenvalue weighted by Crippen LogP contribution is -2.29. The van der Waals surface area contributed by atoms with Gasteiger partial charge in [-0.3, -0.25) is 4.79 Å². The van der Waals surface area contributed by atoms with Crippen LogP contribution in [0, 0.1) is 0 Å². The fourth-order valence-electron chi connectivity index (χ4n) is 1.60. The van der Waals surface area contributed by atoms with Crippen molar-refractivity contribution in [1.82, 2.24) is 24.5 Å². The summed E-state index contributed by atoms with van der Waals surface area (Å²) < 4.78 is 26.9. The molecule has 0 amide bonds. The van der Waals surface area contributed by atoms with Gasteiger partial charge in [-0.1, -0.05) is 0 Å². The van der Waals surface area contributed by atoms with Crippen molar-refractivity contribution in [3.63, 3.8) is 0 Å². The second-order valence-electron chi connectivity index (χ2n) is 4.22. The number of carboxylic acid groups (broad SMARTS) is 1. The average Bonchev–Trinajstić information content (AvgIpc) is 2.99. The number of aromatic nitrogens is 4. The zero-order chi connectivity index (χ0) is 15.5. The van der Waals surface area contributed by atoms with Crippen LogP contribution < -0.4 is 0 Å². The molecule has 0 radical (unpaired) electrons. The molecule has 10 heteroatoms. The molecule has 2 aromatic rings. The Hall–Kier alpha value is -2.33. The first-order valence-electron chi connectivity index (χ1n) is 5.93. The Balaban J connectivity index is 2.19. The van der Waals surface area contributed by atoms with Gasteiger partial charge in [0.1, 0.15) is 6.33 Å². The van der Waals surface area contributed by atoms with Crippen LogP contribution in [0.2, 0.25) is 0 Å². The summed E-state index contributed by atoms with van der Waals surface area (Å²) >= 11 is 0. The van der Waals surface area contributed by atoms with Gasteiger partial charge in [-0.15, -0.1) is 5.10 Å². The maximum Gasteiger partial charge on any atom is 0.304 e. The van der Waals surface area contributed by atoms with Crippen LogP contribution >= 0.6 is 0 Å². The van der Waals surface area contributed by atoms with Crippen molar-refractivity contribution in [1.29, 1.82) is 0 Å². The highest BCUT2D eigenvalue weighted by molar-refractivity contribution is 7.89. The molecule has 1 heterocycles. The normalized spacial score (nSPS) is 11.7. The van der Waals surface area contributed by atoms with Gasteiger partial charge in [-0.25, -0.2) is 17.4 Å². The Morgan fingerprint density at radius 1 is 1.33 bits per heavy atom. The molecule has 2 rings (SSSR count). The number of carboxylic acids is 1. The van der Waals surface area contributed by atoms with Crippen LogP contribution in [0.4, 0.5) is 0 Å². The minimum atomic E-state index is -3.71. The van der Waals surface area contributed by atoms with E-state index < -0.39 is 16.0 Å². The first kappa shape index (κ1) is 15.1. The van der Waals surface area contributed by atoms with Crippen LogP contribution in [-0.4, -0.2) is 57.6 Å². The summed E-state index contributed by atoms with van der Waals surface area (Å²) in [6, 6.07) is 5.97. The van der Waals surface area contributed by atoms with Crippen LogP contribution in [0.25, 0.3) is 5.69 Å². The minimum absolute atomic E-state index is 0.0761. The number of hydrogen-bond donors (Lipinski definition) is 1. The first-order valence-corrected chi connectivity index (χ1v) is 7.37. The Kier molecular flexibility index (Phi) is 4.29. The van der Waals surface area contributed by atoms with E-state index in [0.717, 1.165) is 4.31 Å². The number of aliphatic carboxylic acids is 1. The Bertz CT molecular complexity index is 712. The lowest BCUT2D eigenvalue weighted by molar-refractivity contribution is -0.137. The third kappa shape index (κ3) is 3.41. The van der Waals surface area contributed by atoms with Gasteiger partial charge >= 0.3 is 5.97 Å². The molecule has 0 atom stereocenters. The molecule has 0 spiro atoms. The maximum absolute atomic E-state index is 12.2. The predicted molar refractivity (Wildman–Crippen MR) is 71.2 cm³/mol. The summed E-state index contributed by atoms with van der Waals surface area (Å²) in [5, 5.41) is 19.3. The number of benzene rings is 1. The third-order valence-electron chi connectivity index (χ3n) is 2.80. The quantitative estimate of drug-likeness (QED) is 0.781. The number of nitrogens with zero attached hydrogens (tertiary/aromatic N) is 5. The van der Waals surface area contributed by atoms with Crippen molar-refractivity contribution in [3.05, 3.63) is 30.6 Å². The molecule has 0 fully saturated rings. The molecule has 0 bridgehead atoms. The molecular weight excluding hydrogens is 298 g/mol. The van der Waals surface area contributed by atoms with Gasteiger partial charge in [0, 0.05) is 13.6 Å². The summed E-state index contributed by atoms with van der Waals surface area (Å²) in [5.41, 5.74) is 0.618. The van der Waals surface area contributed by atoms with E-state index in [0.29, 0.717) is 5.69 Å². The van der Waals surface area contributed by atoms with E-state index in [4.69, 9.17) is 5.11 Å². The molecule has 112 valence electrons. The summed E-state index contributed by atoms with van der Waals surface area (Å²) in [5.74, 6) is -1.05. The lowest BCUT2D eigenvalue weighted by atomic mass is 10.3. The van der Waals surface area contributed by atoms with Gasteiger partial charge in [-0.05, 0) is 34.7 Å². The number of rotatable bonds is 6. The largest absolute Gasteiger partial charge is 0.481 e. The number of hydrogen-bond acceptors (Lipinski definition) is 6. The highest BCUT2D eigenvalue weighted by Crippen LogP contribution is 2.16. The summed E-state index contributed by atoms with van der Waals surface area (Å²) in [7, 11) is -2.37. The molecule has 1 aromatic heterocycles. The van der Waals surface area contributed by atoms with Gasteiger partial charge in [0.2, 0.25) is 10.0 Å². The first-order chi connectivity index (χ1) is 9.91. The van der Waals surface area contributed by atoms with E-state index in [9.17, 15) is 13.2 Å². The summed E-state index contributed by atoms with van der Waals surface area (Å²) in [6.45, 7) is -0.0909. The van der Waals surface area contributed by atoms with Crippen molar-refractivity contribution >= 4 is 16.0 Å². The zero-order valence-corrected chi connectivity index (χ0v) is 11.9. The monoisotopic (exact) mass is 311 g/mol. The molecular formula is C11H13N5O4S. The van der Waals surface area contributed by atoms with Crippen LogP contribution in [-0.2, 0) is 14.8 Å². The third-order valence-corrected chi connectivity index (χ3v) is 4.67. The van der Waals surface area contributed by atoms with Crippen LogP contribution in [0.1, 0.15) is 6.42 Å². The maximum atomic E-state index is 12.2. The van der Waals surface area contributed by atoms with Gasteiger partial charge in [-0.2, -0.15) is 0 Å². The highest BCUT2D eigenvalue weighted by Gasteiger charge is 2.21. The second-order valence-corrected chi connectivity index (χ2v) is 6.26. The fraction of sp³-hybridized carbons (Fsp3) is 0.273. The Labute approximate surface area is 120 Å². The summed E-state index contributed by atoms with van der Waals surface area (Å²) in [6.07, 6.45) is 1.14. The summed E-state index contributed by atoms with van der Waals surface area (Å²) in [4.78, 5) is 10.6. The Morgan fingerprint density at radius 3 is 2.52 bits per heavy atom. The molecule has 0 aliphatic carbocycles. The molecule has 0 unspecified atom stereocenters. The minimum Gasteiger partial charge on any atom is -0.481 e. The van der Waals surface area contributed by atoms with Crippen molar-refractivity contribution in [2.45, 2.75) is 11.3 Å². The van der Waals surface area contributed by atoms with E-state index in [2.05, 4.69) is 15.5 Å². The van der Waals surface area contributed by atoms with Crippen molar-refractivity contribution in [2.24, 2.45) is 0 Å². The molecule has 1 aromatic carbocycles. The smallest absolute Gasteiger partial charge is 0.304 e. The van der Waals surface area contributed by atoms with E-state index >= 15 is 0 Å². The van der Waals surface area contributed by atoms with Crippen molar-refractivity contribution in [3.8, 4) is 5.69 Å². The molecule has 0 saturated carbocycles. The molecule has 1 N–H and O–H groups in total. The van der Waals surface area contributed by atoms with Crippen LogP contribution in [0.5, 0.6) is 0 Å². The SMILES string of the molecule is CN(CCC(=O)O)S(=O)(=O)c1ccc(-n2cnnn2)cc1. The van der Waals surface area contributed by atoms with Crippen molar-refractivity contribution < 1.29 is 18.3 Å². The van der Waals surface area contributed by atoms with E-state index in [-0.39, 0.29) is 17.9 Å². The Morgan fingerprint density at radius 2 is 2.00 bits per heavy atom. The van der Waals surface area contributed by atoms with E-state index in [1.165, 1.54) is 30.2 Å². The standard InChI is InChI=1S/C11H13N5O4S/c1-15(7-6-11(17)18)21(19,20)10-4-2-9(3-5-10)16-8-12-13-14-16/h2-5,8H,6-7H2,1H3,(H,17,18). The van der Waals surface area contributed by atoms with Crippen LogP contribution in [0.15, 0.2) is 35.5 Å². The van der Waals surface area contributed by atoms with E-state index in [1.54, 1.807) is 12.1 Å². The van der Waals surface area contributed by atoms with Gasteiger partial charge in [0.05, 0.1) is 17.0 Å². The predicted octanol–water partition coefficient (Wildman–Crippen LogP) is -0.243. The molecule has 21 heavy (non-hydrogen) atoms. The molecule has 0 saturated heterocycles. The van der Waals surface area contributed by atoms with Crippen molar-refractivity contribution in [2.75, 3.05) is 13.6 Å². The number of carbonyl (C=O) groups is 1. The second kappa shape index (κ2) is 5.97.